The van der Waals surface area contributed by atoms with Crippen LogP contribution in [0.25, 0.3) is 0 Å². The molecular formula is C24H21Cl2N3O4S. The van der Waals surface area contributed by atoms with Crippen LogP contribution in [-0.2, 0) is 4.79 Å². The van der Waals surface area contributed by atoms with Gasteiger partial charge >= 0.3 is 0 Å². The molecule has 0 aliphatic heterocycles. The molecule has 0 saturated heterocycles. The zero-order valence-electron chi connectivity index (χ0n) is 18.3. The molecule has 0 saturated carbocycles. The summed E-state index contributed by atoms with van der Waals surface area (Å²) in [6.45, 7) is 3.60. The molecule has 3 aromatic carbocycles. The van der Waals surface area contributed by atoms with E-state index in [9.17, 15) is 19.7 Å². The lowest BCUT2D eigenvalue weighted by Crippen LogP contribution is -2.25. The van der Waals surface area contributed by atoms with Crippen LogP contribution in [-0.4, -0.2) is 22.0 Å². The highest BCUT2D eigenvalue weighted by Gasteiger charge is 2.20. The molecule has 0 aromatic heterocycles. The van der Waals surface area contributed by atoms with Crippen LogP contribution in [0.3, 0.4) is 0 Å². The van der Waals surface area contributed by atoms with Gasteiger partial charge in [0.05, 0.1) is 20.8 Å². The first-order valence-corrected chi connectivity index (χ1v) is 11.9. The van der Waals surface area contributed by atoms with Gasteiger partial charge in [-0.15, -0.1) is 11.8 Å². The Morgan fingerprint density at radius 3 is 2.47 bits per heavy atom. The van der Waals surface area contributed by atoms with Crippen LogP contribution in [0.2, 0.25) is 10.0 Å². The monoisotopic (exact) mass is 517 g/mol. The highest BCUT2D eigenvalue weighted by Crippen LogP contribution is 2.30. The number of nitrogens with one attached hydrogen (secondary N) is 2. The quantitative estimate of drug-likeness (QED) is 0.191. The van der Waals surface area contributed by atoms with Crippen LogP contribution < -0.4 is 10.6 Å². The van der Waals surface area contributed by atoms with Gasteiger partial charge in [0, 0.05) is 33.4 Å². The average Bonchev–Trinajstić information content (AvgIpc) is 2.78. The zero-order valence-corrected chi connectivity index (χ0v) is 20.6. The van der Waals surface area contributed by atoms with Gasteiger partial charge in [0.25, 0.3) is 11.6 Å². The molecule has 1 unspecified atom stereocenters. The second kappa shape index (κ2) is 11.4. The van der Waals surface area contributed by atoms with Gasteiger partial charge in [-0.05, 0) is 61.4 Å². The summed E-state index contributed by atoms with van der Waals surface area (Å²) in [6, 6.07) is 16.1. The smallest absolute Gasteiger partial charge is 0.269 e. The molecule has 3 aromatic rings. The van der Waals surface area contributed by atoms with Crippen molar-refractivity contribution in [3.8, 4) is 0 Å². The Balaban J connectivity index is 1.69. The van der Waals surface area contributed by atoms with E-state index in [1.165, 1.54) is 36.0 Å². The Labute approximate surface area is 211 Å². The Morgan fingerprint density at radius 2 is 1.82 bits per heavy atom. The van der Waals surface area contributed by atoms with Crippen molar-refractivity contribution in [1.82, 2.24) is 0 Å². The number of benzene rings is 3. The number of non-ortho nitro benzene ring substituents is 1. The van der Waals surface area contributed by atoms with E-state index >= 15 is 0 Å². The lowest BCUT2D eigenvalue weighted by Gasteiger charge is -2.16. The van der Waals surface area contributed by atoms with Crippen molar-refractivity contribution in [2.75, 3.05) is 10.6 Å². The van der Waals surface area contributed by atoms with Crippen molar-refractivity contribution in [1.29, 1.82) is 0 Å². The largest absolute Gasteiger partial charge is 0.325 e. The van der Waals surface area contributed by atoms with E-state index < -0.39 is 10.2 Å². The van der Waals surface area contributed by atoms with Gasteiger partial charge in [-0.25, -0.2) is 0 Å². The first-order chi connectivity index (χ1) is 16.2. The number of rotatable bonds is 8. The van der Waals surface area contributed by atoms with E-state index in [0.29, 0.717) is 33.9 Å². The van der Waals surface area contributed by atoms with E-state index in [0.717, 1.165) is 4.90 Å². The summed E-state index contributed by atoms with van der Waals surface area (Å²) >= 11 is 13.4. The fraction of sp³-hybridized carbons (Fsp3) is 0.167. The maximum absolute atomic E-state index is 12.9. The maximum atomic E-state index is 12.9. The van der Waals surface area contributed by atoms with Crippen molar-refractivity contribution >= 4 is 63.8 Å². The minimum atomic E-state index is -0.476. The van der Waals surface area contributed by atoms with Gasteiger partial charge in [0.2, 0.25) is 5.91 Å². The number of nitrogens with zero attached hydrogens (tertiary/aromatic N) is 1. The molecule has 0 heterocycles. The number of aryl methyl sites for hydroxylation is 1. The third-order valence-electron chi connectivity index (χ3n) is 4.89. The normalized spacial score (nSPS) is 11.5. The standard InChI is InChI=1S/C24H21Cl2N3O4S/c1-3-22(24(31)28-21-10-8-17(29(32)33)11-14(21)2)34-18-6-4-5-16(13-18)27-23(30)19-9-7-15(25)12-20(19)26/h4-13,22H,3H2,1-2H3,(H,27,30)(H,28,31). The van der Waals surface area contributed by atoms with E-state index in [1.807, 2.05) is 13.0 Å². The molecule has 1 atom stereocenters. The number of hydrogen-bond donors (Lipinski definition) is 2. The molecule has 2 amide bonds. The van der Waals surface area contributed by atoms with E-state index in [2.05, 4.69) is 10.6 Å². The molecule has 10 heteroatoms. The summed E-state index contributed by atoms with van der Waals surface area (Å²) < 4.78 is 0. The van der Waals surface area contributed by atoms with E-state index in [4.69, 9.17) is 23.2 Å². The summed E-state index contributed by atoms with van der Waals surface area (Å²) in [6.07, 6.45) is 0.555. The number of anilines is 2. The van der Waals surface area contributed by atoms with E-state index in [-0.39, 0.29) is 22.5 Å². The molecule has 0 bridgehead atoms. The second-order valence-corrected chi connectivity index (χ2v) is 9.49. The van der Waals surface area contributed by atoms with Crippen molar-refractivity contribution < 1.29 is 14.5 Å². The Kier molecular flexibility index (Phi) is 8.55. The van der Waals surface area contributed by atoms with Gasteiger partial charge in [0.15, 0.2) is 0 Å². The first-order valence-electron chi connectivity index (χ1n) is 10.3. The van der Waals surface area contributed by atoms with Gasteiger partial charge in [-0.1, -0.05) is 36.2 Å². The predicted octanol–water partition coefficient (Wildman–Crippen LogP) is 6.97. The van der Waals surface area contributed by atoms with Crippen LogP contribution in [0, 0.1) is 17.0 Å². The molecule has 0 fully saturated rings. The predicted molar refractivity (Wildman–Crippen MR) is 137 cm³/mol. The molecule has 0 radical (unpaired) electrons. The summed E-state index contributed by atoms with van der Waals surface area (Å²) in [5.74, 6) is -0.589. The van der Waals surface area contributed by atoms with Crippen LogP contribution in [0.4, 0.5) is 17.1 Å². The fourth-order valence-electron chi connectivity index (χ4n) is 3.12. The van der Waals surface area contributed by atoms with Crippen LogP contribution in [0.15, 0.2) is 65.6 Å². The SMILES string of the molecule is CCC(Sc1cccc(NC(=O)c2ccc(Cl)cc2Cl)c1)C(=O)Nc1ccc([N+](=O)[O-])cc1C. The van der Waals surface area contributed by atoms with Crippen molar-refractivity contribution in [3.63, 3.8) is 0 Å². The number of nitro groups is 1. The Morgan fingerprint density at radius 1 is 1.06 bits per heavy atom. The molecule has 3 rings (SSSR count). The lowest BCUT2D eigenvalue weighted by molar-refractivity contribution is -0.384. The third-order valence-corrected chi connectivity index (χ3v) is 6.79. The molecule has 0 aliphatic rings. The van der Waals surface area contributed by atoms with Crippen LogP contribution >= 0.6 is 35.0 Å². The zero-order chi connectivity index (χ0) is 24.8. The fourth-order valence-corrected chi connectivity index (χ4v) is 4.63. The maximum Gasteiger partial charge on any atom is 0.269 e. The van der Waals surface area contributed by atoms with Crippen molar-refractivity contribution in [2.24, 2.45) is 0 Å². The van der Waals surface area contributed by atoms with Crippen molar-refractivity contribution in [2.45, 2.75) is 30.4 Å². The minimum Gasteiger partial charge on any atom is -0.325 e. The Bertz CT molecular complexity index is 1250. The number of carbonyl (C=O) groups excluding carboxylic acids is 2. The van der Waals surface area contributed by atoms with Gasteiger partial charge in [-0.3, -0.25) is 19.7 Å². The van der Waals surface area contributed by atoms with Gasteiger partial charge in [0.1, 0.15) is 0 Å². The molecule has 34 heavy (non-hydrogen) atoms. The topological polar surface area (TPSA) is 101 Å². The molecular weight excluding hydrogens is 497 g/mol. The van der Waals surface area contributed by atoms with E-state index in [1.54, 1.807) is 37.3 Å². The first kappa shape index (κ1) is 25.6. The molecule has 176 valence electrons. The Hall–Kier alpha value is -3.07. The summed E-state index contributed by atoms with van der Waals surface area (Å²) in [7, 11) is 0. The number of halogens is 2. The number of nitro benzene ring substituents is 1. The molecule has 2 N–H and O–H groups in total. The minimum absolute atomic E-state index is 0.0318. The van der Waals surface area contributed by atoms with Crippen LogP contribution in [0.5, 0.6) is 0 Å². The molecule has 7 nitrogen and oxygen atoms in total. The number of thioether (sulfide) groups is 1. The third kappa shape index (κ3) is 6.50. The second-order valence-electron chi connectivity index (χ2n) is 7.37. The number of hydrogen-bond acceptors (Lipinski definition) is 5. The average molecular weight is 518 g/mol. The number of amides is 2. The number of carbonyl (C=O) groups is 2. The highest BCUT2D eigenvalue weighted by molar-refractivity contribution is 8.00. The van der Waals surface area contributed by atoms with Crippen LogP contribution in [0.1, 0.15) is 29.3 Å². The summed E-state index contributed by atoms with van der Waals surface area (Å²) in [5.41, 5.74) is 1.95. The van der Waals surface area contributed by atoms with Gasteiger partial charge in [-0.2, -0.15) is 0 Å². The summed E-state index contributed by atoms with van der Waals surface area (Å²) in [5, 5.41) is 16.9. The van der Waals surface area contributed by atoms with Gasteiger partial charge < -0.3 is 10.6 Å². The van der Waals surface area contributed by atoms with Crippen molar-refractivity contribution in [3.05, 3.63) is 92.0 Å². The lowest BCUT2D eigenvalue weighted by atomic mass is 10.1. The molecule has 0 aliphatic carbocycles. The highest BCUT2D eigenvalue weighted by atomic mass is 35.5. The summed E-state index contributed by atoms with van der Waals surface area (Å²) in [4.78, 5) is 36.7. The molecule has 0 spiro atoms.